The van der Waals surface area contributed by atoms with E-state index >= 15 is 0 Å². The van der Waals surface area contributed by atoms with E-state index in [1.54, 1.807) is 36.3 Å². The molecular weight excluding hydrogens is 326 g/mol. The molecule has 0 unspecified atom stereocenters. The lowest BCUT2D eigenvalue weighted by Gasteiger charge is -2.32. The van der Waals surface area contributed by atoms with Crippen molar-refractivity contribution in [3.63, 3.8) is 0 Å². The summed E-state index contributed by atoms with van der Waals surface area (Å²) in [5, 5.41) is 11.9. The lowest BCUT2D eigenvalue weighted by molar-refractivity contribution is -0.0135. The predicted molar refractivity (Wildman–Crippen MR) is 87.7 cm³/mol. The molecule has 1 aromatic carbocycles. The molecular formula is C17H19N3O5. The van der Waals surface area contributed by atoms with Crippen LogP contribution in [0.15, 0.2) is 36.8 Å². The van der Waals surface area contributed by atoms with Crippen LogP contribution in [0, 0.1) is 0 Å². The van der Waals surface area contributed by atoms with Gasteiger partial charge in [0.05, 0.1) is 24.5 Å². The number of carboxylic acids is 1. The molecule has 2 heterocycles. The first kappa shape index (κ1) is 17.0. The number of nitrogens with zero attached hydrogens (tertiary/aromatic N) is 2. The Bertz CT molecular complexity index is 756. The van der Waals surface area contributed by atoms with E-state index in [1.165, 1.54) is 12.1 Å². The largest absolute Gasteiger partial charge is 0.486 e. The number of benzene rings is 1. The Kier molecular flexibility index (Phi) is 4.99. The van der Waals surface area contributed by atoms with Gasteiger partial charge in [-0.3, -0.25) is 4.79 Å². The average molecular weight is 345 g/mol. The van der Waals surface area contributed by atoms with Crippen LogP contribution in [-0.2, 0) is 11.8 Å². The lowest BCUT2D eigenvalue weighted by Crippen LogP contribution is -2.51. The van der Waals surface area contributed by atoms with Crippen LogP contribution < -0.4 is 10.1 Å². The second-order valence-electron chi connectivity index (χ2n) is 5.85. The number of amides is 1. The Morgan fingerprint density at radius 1 is 1.36 bits per heavy atom. The Morgan fingerprint density at radius 2 is 2.12 bits per heavy atom. The number of aromatic carboxylic acids is 1. The van der Waals surface area contributed by atoms with Gasteiger partial charge in [-0.15, -0.1) is 0 Å². The van der Waals surface area contributed by atoms with Gasteiger partial charge in [-0.1, -0.05) is 0 Å². The minimum atomic E-state index is -0.993. The molecule has 1 aromatic heterocycles. The van der Waals surface area contributed by atoms with Crippen molar-refractivity contribution in [3.8, 4) is 5.75 Å². The normalized spacial score (nSPS) is 20.0. The van der Waals surface area contributed by atoms with Gasteiger partial charge in [0.25, 0.3) is 5.91 Å². The second kappa shape index (κ2) is 7.35. The van der Waals surface area contributed by atoms with Crippen molar-refractivity contribution in [2.24, 2.45) is 7.05 Å². The van der Waals surface area contributed by atoms with Gasteiger partial charge in [-0.25, -0.2) is 9.78 Å². The summed E-state index contributed by atoms with van der Waals surface area (Å²) in [4.78, 5) is 27.2. The highest BCUT2D eigenvalue weighted by Gasteiger charge is 2.29. The summed E-state index contributed by atoms with van der Waals surface area (Å²) < 4.78 is 13.0. The minimum absolute atomic E-state index is 0.187. The molecule has 1 amide bonds. The Morgan fingerprint density at radius 3 is 2.76 bits per heavy atom. The maximum atomic E-state index is 12.3. The van der Waals surface area contributed by atoms with Crippen LogP contribution in [0.4, 0.5) is 0 Å². The molecule has 0 spiro atoms. The van der Waals surface area contributed by atoms with Crippen LogP contribution in [0.1, 0.15) is 27.3 Å². The van der Waals surface area contributed by atoms with E-state index in [2.05, 4.69) is 10.3 Å². The minimum Gasteiger partial charge on any atom is -0.486 e. The molecule has 25 heavy (non-hydrogen) atoms. The number of hydrogen-bond donors (Lipinski definition) is 2. The third-order valence-electron chi connectivity index (χ3n) is 3.95. The summed E-state index contributed by atoms with van der Waals surface area (Å²) in [5.41, 5.74) is 0.533. The van der Waals surface area contributed by atoms with Gasteiger partial charge in [-0.2, -0.15) is 0 Å². The number of aromatic nitrogens is 2. The van der Waals surface area contributed by atoms with Crippen molar-refractivity contribution in [1.82, 2.24) is 14.9 Å². The van der Waals surface area contributed by atoms with Crippen molar-refractivity contribution < 1.29 is 24.2 Å². The summed E-state index contributed by atoms with van der Waals surface area (Å²) in [5.74, 6) is -0.729. The average Bonchev–Trinajstić information content (AvgIpc) is 3.04. The summed E-state index contributed by atoms with van der Waals surface area (Å²) >= 11 is 0. The summed E-state index contributed by atoms with van der Waals surface area (Å²) in [7, 11) is 1.80. The summed E-state index contributed by atoms with van der Waals surface area (Å²) in [6.07, 6.45) is 3.47. The van der Waals surface area contributed by atoms with Crippen LogP contribution in [0.5, 0.6) is 5.75 Å². The van der Waals surface area contributed by atoms with Gasteiger partial charge in [0, 0.05) is 19.9 Å². The van der Waals surface area contributed by atoms with E-state index in [9.17, 15) is 9.59 Å². The van der Waals surface area contributed by atoms with Gasteiger partial charge in [-0.05, 0) is 30.7 Å². The van der Waals surface area contributed by atoms with Gasteiger partial charge >= 0.3 is 5.97 Å². The number of imidazole rings is 1. The smallest absolute Gasteiger partial charge is 0.335 e. The fraction of sp³-hybridized carbons (Fsp3) is 0.353. The number of ether oxygens (including phenoxy) is 2. The van der Waals surface area contributed by atoms with Crippen LogP contribution in [-0.4, -0.2) is 51.9 Å². The summed E-state index contributed by atoms with van der Waals surface area (Å²) in [6, 6.07) is 5.92. The fourth-order valence-electron chi connectivity index (χ4n) is 2.62. The Balaban J connectivity index is 1.66. The van der Waals surface area contributed by atoms with Crippen molar-refractivity contribution >= 4 is 11.9 Å². The van der Waals surface area contributed by atoms with E-state index in [0.717, 1.165) is 0 Å². The molecule has 1 fully saturated rings. The van der Waals surface area contributed by atoms with Crippen molar-refractivity contribution in [2.45, 2.75) is 18.6 Å². The Labute approximate surface area is 144 Å². The first-order valence-corrected chi connectivity index (χ1v) is 7.89. The molecule has 1 aliphatic rings. The van der Waals surface area contributed by atoms with Gasteiger partial charge in [0.2, 0.25) is 0 Å². The molecule has 132 valence electrons. The summed E-state index contributed by atoms with van der Waals surface area (Å²) in [6.45, 7) is 0.874. The SMILES string of the molecule is Cn1cnc(C(=O)N[C@@H]2CCOC[C@H]2Oc2ccc(C(=O)O)cc2)c1. The molecule has 3 rings (SSSR count). The lowest BCUT2D eigenvalue weighted by atomic mass is 10.1. The number of carbonyl (C=O) groups is 2. The molecule has 1 aliphatic heterocycles. The zero-order valence-electron chi connectivity index (χ0n) is 13.7. The van der Waals surface area contributed by atoms with Gasteiger partial charge < -0.3 is 24.5 Å². The number of rotatable bonds is 5. The topological polar surface area (TPSA) is 103 Å². The molecule has 0 radical (unpaired) electrons. The molecule has 0 bridgehead atoms. The number of nitrogens with one attached hydrogen (secondary N) is 1. The maximum Gasteiger partial charge on any atom is 0.335 e. The standard InChI is InChI=1S/C17H19N3O5/c1-20-8-14(18-10-20)16(21)19-13-6-7-24-9-15(13)25-12-4-2-11(3-5-12)17(22)23/h2-5,8,10,13,15H,6-7,9H2,1H3,(H,19,21)(H,22,23)/t13-,15-/m1/s1. The number of carbonyl (C=O) groups excluding carboxylic acids is 1. The van der Waals surface area contributed by atoms with E-state index < -0.39 is 5.97 Å². The molecule has 2 aromatic rings. The molecule has 8 nitrogen and oxygen atoms in total. The van der Waals surface area contributed by atoms with Crippen LogP contribution in [0.3, 0.4) is 0 Å². The zero-order valence-corrected chi connectivity index (χ0v) is 13.7. The molecule has 2 N–H and O–H groups in total. The molecule has 0 aliphatic carbocycles. The van der Waals surface area contributed by atoms with E-state index in [1.807, 2.05) is 0 Å². The van der Waals surface area contributed by atoms with Crippen LogP contribution in [0.25, 0.3) is 0 Å². The van der Waals surface area contributed by atoms with E-state index in [-0.39, 0.29) is 23.6 Å². The molecule has 1 saturated heterocycles. The molecule has 2 atom stereocenters. The highest BCUT2D eigenvalue weighted by molar-refractivity contribution is 5.92. The van der Waals surface area contributed by atoms with Crippen molar-refractivity contribution in [3.05, 3.63) is 48.0 Å². The second-order valence-corrected chi connectivity index (χ2v) is 5.85. The first-order valence-electron chi connectivity index (χ1n) is 7.89. The maximum absolute atomic E-state index is 12.3. The number of carboxylic acid groups (broad SMARTS) is 1. The Hall–Kier alpha value is -2.87. The zero-order chi connectivity index (χ0) is 17.8. The first-order chi connectivity index (χ1) is 12.0. The number of hydrogen-bond acceptors (Lipinski definition) is 5. The molecule has 0 saturated carbocycles. The van der Waals surface area contributed by atoms with Crippen molar-refractivity contribution in [1.29, 1.82) is 0 Å². The highest BCUT2D eigenvalue weighted by atomic mass is 16.5. The highest BCUT2D eigenvalue weighted by Crippen LogP contribution is 2.19. The van der Waals surface area contributed by atoms with Crippen LogP contribution >= 0.6 is 0 Å². The predicted octanol–water partition coefficient (Wildman–Crippen LogP) is 1.08. The molecule has 8 heteroatoms. The van der Waals surface area contributed by atoms with Gasteiger partial charge in [0.1, 0.15) is 17.5 Å². The van der Waals surface area contributed by atoms with E-state index in [0.29, 0.717) is 31.1 Å². The monoisotopic (exact) mass is 345 g/mol. The van der Waals surface area contributed by atoms with Gasteiger partial charge in [0.15, 0.2) is 0 Å². The van der Waals surface area contributed by atoms with Crippen molar-refractivity contribution in [2.75, 3.05) is 13.2 Å². The third kappa shape index (κ3) is 4.16. The van der Waals surface area contributed by atoms with E-state index in [4.69, 9.17) is 14.6 Å². The fourth-order valence-corrected chi connectivity index (χ4v) is 2.62. The quantitative estimate of drug-likeness (QED) is 0.841. The third-order valence-corrected chi connectivity index (χ3v) is 3.95. The van der Waals surface area contributed by atoms with Crippen LogP contribution in [0.2, 0.25) is 0 Å². The number of aryl methyl sites for hydroxylation is 1.